The van der Waals surface area contributed by atoms with Gasteiger partial charge in [-0.25, -0.2) is 0 Å². The molecule has 2 atom stereocenters. The van der Waals surface area contributed by atoms with Crippen LogP contribution in [0.1, 0.15) is 0 Å². The number of halogens is 2. The topological polar surface area (TPSA) is 43.7 Å². The number of aliphatic hydroxyl groups excluding tert-OH is 2. The molecule has 0 bridgehead atoms. The van der Waals surface area contributed by atoms with E-state index < -0.39 is 23.9 Å². The fourth-order valence-electron chi connectivity index (χ4n) is 1.49. The first-order chi connectivity index (χ1) is 6.56. The van der Waals surface area contributed by atoms with E-state index in [9.17, 15) is 19.0 Å². The second-order valence-corrected chi connectivity index (χ2v) is 3.28. The molecular formula is C9H13F2NO2. The normalized spacial score (nSPS) is 29.0. The molecule has 5 heteroatoms. The van der Waals surface area contributed by atoms with Gasteiger partial charge in [-0.2, -0.15) is 8.78 Å². The number of hydrogen-bond acceptors (Lipinski definition) is 3. The Bertz CT molecular complexity index is 251. The molecule has 0 spiro atoms. The van der Waals surface area contributed by atoms with Gasteiger partial charge in [0.05, 0.1) is 6.10 Å². The Morgan fingerprint density at radius 3 is 2.71 bits per heavy atom. The molecule has 1 saturated heterocycles. The summed E-state index contributed by atoms with van der Waals surface area (Å²) in [5, 5.41) is 18.6. The molecule has 1 aliphatic rings. The molecule has 2 N–H and O–H groups in total. The molecule has 0 aromatic carbocycles. The molecule has 80 valence electrons. The van der Waals surface area contributed by atoms with Gasteiger partial charge in [-0.3, -0.25) is 4.90 Å². The quantitative estimate of drug-likeness (QED) is 0.640. The summed E-state index contributed by atoms with van der Waals surface area (Å²) in [7, 11) is 0. The lowest BCUT2D eigenvalue weighted by Gasteiger charge is -2.34. The average Bonchev–Trinajstić information content (AvgIpc) is 2.11. The number of hydrogen-bond donors (Lipinski definition) is 2. The molecule has 0 aromatic heterocycles. The predicted molar refractivity (Wildman–Crippen MR) is 47.9 cm³/mol. The fourth-order valence-corrected chi connectivity index (χ4v) is 1.49. The minimum absolute atomic E-state index is 0.0212. The third kappa shape index (κ3) is 2.37. The number of likely N-dealkylation sites (tertiary alicyclic amines) is 1. The van der Waals surface area contributed by atoms with Gasteiger partial charge in [0.1, 0.15) is 6.10 Å². The van der Waals surface area contributed by atoms with Gasteiger partial charge in [0.2, 0.25) is 0 Å². The highest BCUT2D eigenvalue weighted by Gasteiger charge is 2.32. The Hall–Kier alpha value is -0.780. The Morgan fingerprint density at radius 2 is 2.21 bits per heavy atom. The Kier molecular flexibility index (Phi) is 3.74. The third-order valence-electron chi connectivity index (χ3n) is 2.19. The second kappa shape index (κ2) is 4.63. The standard InChI is InChI=1S/C9H13F2NO2/c1-2-3-12-4-6(9(10)11)8(14)7(13)5-12/h2,7-8,13-14H,1,3-5H2/t7-,8-/m1/s1. The largest absolute Gasteiger partial charge is 0.389 e. The number of β-amino-alcohol motifs (C(OH)–C–C–N with tert-alkyl or cyclic N) is 1. The lowest BCUT2D eigenvalue weighted by molar-refractivity contribution is -0.00725. The zero-order valence-electron chi connectivity index (χ0n) is 7.66. The van der Waals surface area contributed by atoms with Gasteiger partial charge in [-0.05, 0) is 0 Å². The number of nitrogens with zero attached hydrogens (tertiary/aromatic N) is 1. The van der Waals surface area contributed by atoms with Crippen LogP contribution in [0.2, 0.25) is 0 Å². The van der Waals surface area contributed by atoms with Crippen LogP contribution in [0.5, 0.6) is 0 Å². The summed E-state index contributed by atoms with van der Waals surface area (Å²) in [6, 6.07) is 0. The second-order valence-electron chi connectivity index (χ2n) is 3.28. The van der Waals surface area contributed by atoms with E-state index in [0.717, 1.165) is 0 Å². The lowest BCUT2D eigenvalue weighted by atomic mass is 10.00. The van der Waals surface area contributed by atoms with Crippen LogP contribution in [0, 0.1) is 0 Å². The molecule has 1 fully saturated rings. The molecule has 1 rings (SSSR count). The van der Waals surface area contributed by atoms with Gasteiger partial charge in [-0.15, -0.1) is 6.58 Å². The summed E-state index contributed by atoms with van der Waals surface area (Å²) in [4.78, 5) is 1.60. The van der Waals surface area contributed by atoms with E-state index in [4.69, 9.17) is 0 Å². The first kappa shape index (κ1) is 11.3. The van der Waals surface area contributed by atoms with E-state index in [0.29, 0.717) is 6.54 Å². The van der Waals surface area contributed by atoms with Crippen molar-refractivity contribution >= 4 is 0 Å². The predicted octanol–water partition coefficient (Wildman–Crippen LogP) is 0.360. The van der Waals surface area contributed by atoms with Crippen molar-refractivity contribution < 1.29 is 19.0 Å². The van der Waals surface area contributed by atoms with E-state index >= 15 is 0 Å². The SMILES string of the molecule is C=CCN1CC(=C(F)F)[C@@H](O)[C@H](O)C1. The maximum Gasteiger partial charge on any atom is 0.273 e. The molecule has 3 nitrogen and oxygen atoms in total. The van der Waals surface area contributed by atoms with Gasteiger partial charge in [0, 0.05) is 25.2 Å². The van der Waals surface area contributed by atoms with E-state index in [1.807, 2.05) is 0 Å². The van der Waals surface area contributed by atoms with Crippen LogP contribution in [0.15, 0.2) is 24.3 Å². The van der Waals surface area contributed by atoms with Gasteiger partial charge < -0.3 is 10.2 Å². The van der Waals surface area contributed by atoms with Crippen molar-refractivity contribution in [1.29, 1.82) is 0 Å². The Labute approximate surface area is 81.0 Å². The molecule has 14 heavy (non-hydrogen) atoms. The zero-order chi connectivity index (χ0) is 10.7. The highest BCUT2D eigenvalue weighted by molar-refractivity contribution is 5.16. The molecule has 0 radical (unpaired) electrons. The van der Waals surface area contributed by atoms with Crippen molar-refractivity contribution in [2.45, 2.75) is 12.2 Å². The highest BCUT2D eigenvalue weighted by Crippen LogP contribution is 2.21. The van der Waals surface area contributed by atoms with Gasteiger partial charge in [-0.1, -0.05) is 6.08 Å². The van der Waals surface area contributed by atoms with Crippen molar-refractivity contribution in [3.63, 3.8) is 0 Å². The van der Waals surface area contributed by atoms with Crippen molar-refractivity contribution in [3.05, 3.63) is 24.3 Å². The number of rotatable bonds is 2. The fraction of sp³-hybridized carbons (Fsp3) is 0.556. The van der Waals surface area contributed by atoms with Crippen LogP contribution in [0.4, 0.5) is 8.78 Å². The Balaban J connectivity index is 2.77. The molecule has 0 unspecified atom stereocenters. The van der Waals surface area contributed by atoms with E-state index in [1.54, 1.807) is 11.0 Å². The molecule has 0 aliphatic carbocycles. The summed E-state index contributed by atoms with van der Waals surface area (Å²) in [5.41, 5.74) is -0.398. The van der Waals surface area contributed by atoms with Crippen LogP contribution in [0.25, 0.3) is 0 Å². The minimum Gasteiger partial charge on any atom is -0.389 e. The van der Waals surface area contributed by atoms with Gasteiger partial charge in [0.25, 0.3) is 6.08 Å². The monoisotopic (exact) mass is 205 g/mol. The Morgan fingerprint density at radius 1 is 1.57 bits per heavy atom. The summed E-state index contributed by atoms with van der Waals surface area (Å²) >= 11 is 0. The lowest BCUT2D eigenvalue weighted by Crippen LogP contribution is -2.48. The van der Waals surface area contributed by atoms with Crippen molar-refractivity contribution in [2.75, 3.05) is 19.6 Å². The molecule has 1 heterocycles. The van der Waals surface area contributed by atoms with Crippen molar-refractivity contribution in [1.82, 2.24) is 4.90 Å². The first-order valence-corrected chi connectivity index (χ1v) is 4.29. The molecule has 1 aliphatic heterocycles. The van der Waals surface area contributed by atoms with Gasteiger partial charge >= 0.3 is 0 Å². The van der Waals surface area contributed by atoms with Crippen molar-refractivity contribution in [3.8, 4) is 0 Å². The zero-order valence-corrected chi connectivity index (χ0v) is 7.66. The summed E-state index contributed by atoms with van der Waals surface area (Å²) in [5.74, 6) is 0. The molecule has 0 amide bonds. The number of aliphatic hydroxyl groups is 2. The summed E-state index contributed by atoms with van der Waals surface area (Å²) in [6.07, 6.45) is -2.94. The highest BCUT2D eigenvalue weighted by atomic mass is 19.3. The molecule has 0 saturated carbocycles. The van der Waals surface area contributed by atoms with Crippen LogP contribution in [-0.4, -0.2) is 47.0 Å². The van der Waals surface area contributed by atoms with Crippen LogP contribution >= 0.6 is 0 Å². The maximum atomic E-state index is 12.3. The minimum atomic E-state index is -1.91. The van der Waals surface area contributed by atoms with Gasteiger partial charge in [0.15, 0.2) is 0 Å². The maximum absolute atomic E-state index is 12.3. The third-order valence-corrected chi connectivity index (χ3v) is 2.19. The van der Waals surface area contributed by atoms with E-state index in [1.165, 1.54) is 0 Å². The van der Waals surface area contributed by atoms with Crippen LogP contribution in [-0.2, 0) is 0 Å². The number of piperidine rings is 1. The molecular weight excluding hydrogens is 192 g/mol. The first-order valence-electron chi connectivity index (χ1n) is 4.29. The summed E-state index contributed by atoms with van der Waals surface area (Å²) < 4.78 is 24.6. The summed E-state index contributed by atoms with van der Waals surface area (Å²) in [6.45, 7) is 4.06. The molecule has 0 aromatic rings. The van der Waals surface area contributed by atoms with Crippen LogP contribution in [0.3, 0.4) is 0 Å². The average molecular weight is 205 g/mol. The van der Waals surface area contributed by atoms with E-state index in [-0.39, 0.29) is 13.1 Å². The van der Waals surface area contributed by atoms with E-state index in [2.05, 4.69) is 6.58 Å². The van der Waals surface area contributed by atoms with Crippen molar-refractivity contribution in [2.24, 2.45) is 0 Å². The van der Waals surface area contributed by atoms with Crippen LogP contribution < -0.4 is 0 Å². The smallest absolute Gasteiger partial charge is 0.273 e.